The van der Waals surface area contributed by atoms with Crippen LogP contribution in [-0.4, -0.2) is 65.8 Å². The molecular formula is C24H26Cl2FN3O2. The van der Waals surface area contributed by atoms with Gasteiger partial charge in [0.25, 0.3) is 5.91 Å². The highest BCUT2D eigenvalue weighted by Gasteiger charge is 2.33. The summed E-state index contributed by atoms with van der Waals surface area (Å²) in [6.07, 6.45) is 1.91. The van der Waals surface area contributed by atoms with E-state index in [0.29, 0.717) is 41.8 Å². The second kappa shape index (κ2) is 10.2. The zero-order valence-corrected chi connectivity index (χ0v) is 19.3. The molecule has 170 valence electrons. The number of hydrogen-bond acceptors (Lipinski definition) is 3. The van der Waals surface area contributed by atoms with Crippen LogP contribution in [0.3, 0.4) is 0 Å². The van der Waals surface area contributed by atoms with E-state index < -0.39 is 0 Å². The molecular weight excluding hydrogens is 452 g/mol. The van der Waals surface area contributed by atoms with Crippen molar-refractivity contribution in [3.63, 3.8) is 0 Å². The van der Waals surface area contributed by atoms with Crippen LogP contribution >= 0.6 is 23.2 Å². The summed E-state index contributed by atoms with van der Waals surface area (Å²) in [5, 5.41) is 0.803. The van der Waals surface area contributed by atoms with Crippen LogP contribution in [0.5, 0.6) is 0 Å². The summed E-state index contributed by atoms with van der Waals surface area (Å²) < 4.78 is 13.2. The molecule has 4 rings (SSSR count). The maximum Gasteiger partial charge on any atom is 0.253 e. The van der Waals surface area contributed by atoms with Gasteiger partial charge in [-0.15, -0.1) is 0 Å². The zero-order chi connectivity index (χ0) is 22.7. The number of rotatable bonds is 7. The summed E-state index contributed by atoms with van der Waals surface area (Å²) in [4.78, 5) is 31.5. The molecule has 8 heteroatoms. The van der Waals surface area contributed by atoms with Crippen molar-refractivity contribution in [2.24, 2.45) is 5.92 Å². The highest BCUT2D eigenvalue weighted by Crippen LogP contribution is 2.31. The maximum atomic E-state index is 13.2. The molecule has 1 heterocycles. The van der Waals surface area contributed by atoms with E-state index in [0.717, 1.165) is 38.0 Å². The van der Waals surface area contributed by atoms with Crippen LogP contribution < -0.4 is 0 Å². The van der Waals surface area contributed by atoms with Crippen molar-refractivity contribution in [1.29, 1.82) is 0 Å². The number of piperazine rings is 1. The van der Waals surface area contributed by atoms with Crippen LogP contribution in [0.4, 0.5) is 4.39 Å². The normalized spacial score (nSPS) is 16.8. The molecule has 2 aromatic rings. The number of carbonyl (C=O) groups is 2. The molecule has 5 nitrogen and oxygen atoms in total. The lowest BCUT2D eigenvalue weighted by Crippen LogP contribution is -2.50. The van der Waals surface area contributed by atoms with Crippen molar-refractivity contribution in [2.45, 2.75) is 19.4 Å². The first kappa shape index (κ1) is 23.0. The number of nitrogens with zero attached hydrogens (tertiary/aromatic N) is 3. The van der Waals surface area contributed by atoms with Crippen molar-refractivity contribution in [3.8, 4) is 0 Å². The fourth-order valence-corrected chi connectivity index (χ4v) is 4.21. The van der Waals surface area contributed by atoms with E-state index in [1.54, 1.807) is 30.3 Å². The topological polar surface area (TPSA) is 43.9 Å². The first-order chi connectivity index (χ1) is 15.4. The molecule has 2 fully saturated rings. The number of halogens is 3. The Labute approximate surface area is 197 Å². The Morgan fingerprint density at radius 2 is 1.66 bits per heavy atom. The van der Waals surface area contributed by atoms with Crippen LogP contribution in [0.25, 0.3) is 0 Å². The molecule has 0 spiro atoms. The summed E-state index contributed by atoms with van der Waals surface area (Å²) in [7, 11) is 0. The molecule has 1 saturated heterocycles. The predicted molar refractivity (Wildman–Crippen MR) is 123 cm³/mol. The van der Waals surface area contributed by atoms with E-state index in [4.69, 9.17) is 23.2 Å². The molecule has 0 bridgehead atoms. The summed E-state index contributed by atoms with van der Waals surface area (Å²) in [5.41, 5.74) is 1.46. The summed E-state index contributed by atoms with van der Waals surface area (Å²) in [6.45, 7) is 4.58. The Hall–Kier alpha value is -2.15. The van der Waals surface area contributed by atoms with E-state index in [1.165, 1.54) is 12.1 Å². The quantitative estimate of drug-likeness (QED) is 0.595. The molecule has 1 aliphatic heterocycles. The third kappa shape index (κ3) is 5.80. The third-order valence-corrected chi connectivity index (χ3v) is 6.78. The van der Waals surface area contributed by atoms with Crippen molar-refractivity contribution in [1.82, 2.24) is 14.7 Å². The van der Waals surface area contributed by atoms with Gasteiger partial charge in [0, 0.05) is 57.3 Å². The number of hydrogen-bond donors (Lipinski definition) is 0. The van der Waals surface area contributed by atoms with Gasteiger partial charge in [-0.2, -0.15) is 0 Å². The fourth-order valence-electron chi connectivity index (χ4n) is 3.91. The molecule has 0 N–H and O–H groups in total. The van der Waals surface area contributed by atoms with Gasteiger partial charge >= 0.3 is 0 Å². The van der Waals surface area contributed by atoms with E-state index >= 15 is 0 Å². The lowest BCUT2D eigenvalue weighted by molar-refractivity contribution is -0.133. The smallest absolute Gasteiger partial charge is 0.253 e. The molecule has 0 radical (unpaired) electrons. The van der Waals surface area contributed by atoms with Crippen molar-refractivity contribution >= 4 is 35.0 Å². The van der Waals surface area contributed by atoms with Crippen LogP contribution in [0.1, 0.15) is 28.8 Å². The molecule has 0 aromatic heterocycles. The summed E-state index contributed by atoms with van der Waals surface area (Å²) in [5.74, 6) is -0.00829. The van der Waals surface area contributed by atoms with E-state index in [1.807, 2.05) is 9.80 Å². The van der Waals surface area contributed by atoms with Gasteiger partial charge in [-0.05, 0) is 48.7 Å². The first-order valence-electron chi connectivity index (χ1n) is 10.9. The average molecular weight is 478 g/mol. The predicted octanol–water partition coefficient (Wildman–Crippen LogP) is 4.33. The SMILES string of the molecule is O=C(c1ccc(Cl)c(Cl)c1)N1CCN(CCN(Cc2ccc(F)cc2)C(=O)C2CC2)CC1. The van der Waals surface area contributed by atoms with Gasteiger partial charge in [-0.1, -0.05) is 35.3 Å². The van der Waals surface area contributed by atoms with Crippen LogP contribution in [0.15, 0.2) is 42.5 Å². The minimum atomic E-state index is -0.276. The molecule has 2 amide bonds. The maximum absolute atomic E-state index is 13.2. The molecule has 32 heavy (non-hydrogen) atoms. The fraction of sp³-hybridized carbons (Fsp3) is 0.417. The number of benzene rings is 2. The van der Waals surface area contributed by atoms with Crippen molar-refractivity contribution in [3.05, 3.63) is 69.5 Å². The van der Waals surface area contributed by atoms with Gasteiger partial charge in [0.15, 0.2) is 0 Å². The first-order valence-corrected chi connectivity index (χ1v) is 11.7. The lowest BCUT2D eigenvalue weighted by atomic mass is 10.1. The van der Waals surface area contributed by atoms with Crippen LogP contribution in [0.2, 0.25) is 10.0 Å². The van der Waals surface area contributed by atoms with Gasteiger partial charge in [-0.3, -0.25) is 14.5 Å². The lowest BCUT2D eigenvalue weighted by Gasteiger charge is -2.36. The van der Waals surface area contributed by atoms with Gasteiger partial charge in [-0.25, -0.2) is 4.39 Å². The monoisotopic (exact) mass is 477 g/mol. The molecule has 0 unspecified atom stereocenters. The molecule has 0 atom stereocenters. The molecule has 1 saturated carbocycles. The largest absolute Gasteiger partial charge is 0.337 e. The average Bonchev–Trinajstić information content (AvgIpc) is 3.65. The number of carbonyl (C=O) groups excluding carboxylic acids is 2. The van der Waals surface area contributed by atoms with E-state index in [9.17, 15) is 14.0 Å². The van der Waals surface area contributed by atoms with Gasteiger partial charge in [0.1, 0.15) is 5.82 Å². The summed E-state index contributed by atoms with van der Waals surface area (Å²) >= 11 is 12.0. The Kier molecular flexibility index (Phi) is 7.33. The second-order valence-electron chi connectivity index (χ2n) is 8.42. The Morgan fingerprint density at radius 3 is 2.28 bits per heavy atom. The Morgan fingerprint density at radius 1 is 0.969 bits per heavy atom. The molecule has 1 aliphatic carbocycles. The molecule has 2 aliphatic rings. The Balaban J connectivity index is 1.30. The van der Waals surface area contributed by atoms with Gasteiger partial charge in [0.05, 0.1) is 10.0 Å². The minimum absolute atomic E-state index is 0.0509. The number of amides is 2. The Bertz CT molecular complexity index is 974. The minimum Gasteiger partial charge on any atom is -0.337 e. The molecule has 2 aromatic carbocycles. The van der Waals surface area contributed by atoms with Crippen molar-refractivity contribution in [2.75, 3.05) is 39.3 Å². The second-order valence-corrected chi connectivity index (χ2v) is 9.24. The van der Waals surface area contributed by atoms with Crippen LogP contribution in [-0.2, 0) is 11.3 Å². The highest BCUT2D eigenvalue weighted by atomic mass is 35.5. The van der Waals surface area contributed by atoms with E-state index in [-0.39, 0.29) is 23.5 Å². The van der Waals surface area contributed by atoms with E-state index in [2.05, 4.69) is 4.90 Å². The standard InChI is InChI=1S/C24H26Cl2FN3O2/c25-21-8-5-19(15-22(21)26)24(32)29-12-9-28(10-13-29)11-14-30(23(31)18-3-4-18)16-17-1-6-20(27)7-2-17/h1-2,5-8,15,18H,3-4,9-14,16H2. The van der Waals surface area contributed by atoms with Crippen molar-refractivity contribution < 1.29 is 14.0 Å². The van der Waals surface area contributed by atoms with Gasteiger partial charge in [0.2, 0.25) is 5.91 Å². The zero-order valence-electron chi connectivity index (χ0n) is 17.8. The summed E-state index contributed by atoms with van der Waals surface area (Å²) in [6, 6.07) is 11.3. The van der Waals surface area contributed by atoms with Gasteiger partial charge < -0.3 is 9.80 Å². The van der Waals surface area contributed by atoms with Crippen LogP contribution in [0, 0.1) is 11.7 Å². The highest BCUT2D eigenvalue weighted by molar-refractivity contribution is 6.42. The third-order valence-electron chi connectivity index (χ3n) is 6.04.